The first-order valence-electron chi connectivity index (χ1n) is 6.52. The fraction of sp³-hybridized carbons (Fsp3) is 0.200. The van der Waals surface area contributed by atoms with Gasteiger partial charge in [0.25, 0.3) is 5.91 Å². The molecule has 0 saturated carbocycles. The molecule has 1 unspecified atom stereocenters. The summed E-state index contributed by atoms with van der Waals surface area (Å²) in [6.07, 6.45) is 0.373. The zero-order valence-corrected chi connectivity index (χ0v) is 12.0. The summed E-state index contributed by atoms with van der Waals surface area (Å²) in [5.74, 6) is -0.168. The van der Waals surface area contributed by atoms with Crippen LogP contribution < -0.4 is 10.6 Å². The van der Waals surface area contributed by atoms with Crippen molar-refractivity contribution in [2.45, 2.75) is 19.4 Å². The fourth-order valence-corrected chi connectivity index (χ4v) is 2.45. The average Bonchev–Trinajstić information content (AvgIpc) is 3.02. The van der Waals surface area contributed by atoms with Crippen molar-refractivity contribution in [3.05, 3.63) is 52.4 Å². The highest BCUT2D eigenvalue weighted by molar-refractivity contribution is 6.29. The molecule has 0 aliphatic carbocycles. The Morgan fingerprint density at radius 3 is 2.90 bits per heavy atom. The number of hydrogen-bond acceptors (Lipinski definition) is 3. The van der Waals surface area contributed by atoms with Crippen LogP contribution in [0.1, 0.15) is 34.6 Å². The molecule has 1 aliphatic heterocycles. The molecule has 1 aliphatic rings. The lowest BCUT2D eigenvalue weighted by Gasteiger charge is -2.14. The summed E-state index contributed by atoms with van der Waals surface area (Å²) < 4.78 is 5.07. The minimum atomic E-state index is -0.330. The summed E-state index contributed by atoms with van der Waals surface area (Å²) >= 11 is 5.65. The predicted octanol–water partition coefficient (Wildman–Crippen LogP) is 2.92. The quantitative estimate of drug-likeness (QED) is 0.916. The predicted molar refractivity (Wildman–Crippen MR) is 78.4 cm³/mol. The van der Waals surface area contributed by atoms with Gasteiger partial charge in [-0.2, -0.15) is 0 Å². The van der Waals surface area contributed by atoms with E-state index in [1.54, 1.807) is 0 Å². The van der Waals surface area contributed by atoms with Crippen LogP contribution in [0.15, 0.2) is 34.7 Å². The maximum atomic E-state index is 12.0. The molecule has 1 aromatic heterocycles. The number of hydrogen-bond donors (Lipinski definition) is 2. The van der Waals surface area contributed by atoms with E-state index in [0.29, 0.717) is 6.42 Å². The number of rotatable bonds is 3. The molecule has 0 saturated heterocycles. The molecule has 1 atom stereocenters. The highest BCUT2D eigenvalue weighted by Crippen LogP contribution is 2.26. The number of fused-ring (bicyclic) bond motifs is 1. The van der Waals surface area contributed by atoms with E-state index in [1.165, 1.54) is 12.1 Å². The molecule has 21 heavy (non-hydrogen) atoms. The molecule has 0 bridgehead atoms. The second-order valence-corrected chi connectivity index (χ2v) is 5.31. The normalized spacial score (nSPS) is 14.5. The number of carbonyl (C=O) groups is 2. The van der Waals surface area contributed by atoms with E-state index in [0.717, 1.165) is 16.8 Å². The van der Waals surface area contributed by atoms with Gasteiger partial charge in [0.15, 0.2) is 11.0 Å². The van der Waals surface area contributed by atoms with Gasteiger partial charge in [-0.15, -0.1) is 0 Å². The van der Waals surface area contributed by atoms with Gasteiger partial charge in [0.2, 0.25) is 5.91 Å². The van der Waals surface area contributed by atoms with Crippen LogP contribution in [-0.4, -0.2) is 11.8 Å². The van der Waals surface area contributed by atoms with Crippen molar-refractivity contribution in [3.8, 4) is 0 Å². The molecule has 2 aromatic rings. The smallest absolute Gasteiger partial charge is 0.287 e. The molecular weight excluding hydrogens is 292 g/mol. The highest BCUT2D eigenvalue weighted by Gasteiger charge is 2.20. The van der Waals surface area contributed by atoms with Gasteiger partial charge in [0.1, 0.15) is 0 Å². The fourth-order valence-electron chi connectivity index (χ4n) is 2.31. The summed E-state index contributed by atoms with van der Waals surface area (Å²) in [4.78, 5) is 23.3. The van der Waals surface area contributed by atoms with Crippen LogP contribution in [0, 0.1) is 0 Å². The van der Waals surface area contributed by atoms with Crippen LogP contribution in [0.2, 0.25) is 5.22 Å². The summed E-state index contributed by atoms with van der Waals surface area (Å²) in [5.41, 5.74) is 2.70. The highest BCUT2D eigenvalue weighted by atomic mass is 35.5. The lowest BCUT2D eigenvalue weighted by Crippen LogP contribution is -2.26. The van der Waals surface area contributed by atoms with Crippen LogP contribution in [0.25, 0.3) is 0 Å². The molecule has 2 heterocycles. The SMILES string of the molecule is CC(NC(=O)c1ccc(Cl)o1)c1ccc2c(c1)CC(=O)N2. The first-order valence-corrected chi connectivity index (χ1v) is 6.89. The zero-order chi connectivity index (χ0) is 15.0. The monoisotopic (exact) mass is 304 g/mol. The Morgan fingerprint density at radius 2 is 2.19 bits per heavy atom. The molecule has 5 nitrogen and oxygen atoms in total. The summed E-state index contributed by atoms with van der Waals surface area (Å²) in [6, 6.07) is 8.49. The number of halogens is 1. The van der Waals surface area contributed by atoms with Crippen molar-refractivity contribution in [1.82, 2.24) is 5.32 Å². The van der Waals surface area contributed by atoms with Gasteiger partial charge in [0.05, 0.1) is 12.5 Å². The van der Waals surface area contributed by atoms with Crippen LogP contribution in [0.3, 0.4) is 0 Å². The Hall–Kier alpha value is -2.27. The molecule has 0 spiro atoms. The molecule has 0 radical (unpaired) electrons. The summed E-state index contributed by atoms with van der Waals surface area (Å²) in [6.45, 7) is 1.87. The molecule has 2 amide bonds. The first-order chi connectivity index (χ1) is 10.0. The van der Waals surface area contributed by atoms with E-state index in [1.807, 2.05) is 25.1 Å². The van der Waals surface area contributed by atoms with Gasteiger partial charge < -0.3 is 15.1 Å². The van der Waals surface area contributed by atoms with E-state index in [9.17, 15) is 9.59 Å². The van der Waals surface area contributed by atoms with E-state index >= 15 is 0 Å². The summed E-state index contributed by atoms with van der Waals surface area (Å²) in [7, 11) is 0. The Kier molecular flexibility index (Phi) is 3.43. The number of furan rings is 1. The third-order valence-corrected chi connectivity index (χ3v) is 3.60. The van der Waals surface area contributed by atoms with Crippen molar-refractivity contribution >= 4 is 29.1 Å². The first kappa shape index (κ1) is 13.7. The Bertz CT molecular complexity index is 723. The van der Waals surface area contributed by atoms with Gasteiger partial charge in [0, 0.05) is 5.69 Å². The molecule has 6 heteroatoms. The van der Waals surface area contributed by atoms with Crippen LogP contribution in [0.4, 0.5) is 5.69 Å². The number of anilines is 1. The molecule has 0 fully saturated rings. The minimum absolute atomic E-state index is 0.0101. The topological polar surface area (TPSA) is 71.3 Å². The number of benzene rings is 1. The van der Waals surface area contributed by atoms with Gasteiger partial charge in [-0.3, -0.25) is 9.59 Å². The second kappa shape index (κ2) is 5.26. The van der Waals surface area contributed by atoms with Gasteiger partial charge >= 0.3 is 0 Å². The molecule has 1 aromatic carbocycles. The van der Waals surface area contributed by atoms with Crippen LogP contribution in [-0.2, 0) is 11.2 Å². The number of carbonyl (C=O) groups excluding carboxylic acids is 2. The Labute approximate surface area is 126 Å². The average molecular weight is 305 g/mol. The molecule has 2 N–H and O–H groups in total. The second-order valence-electron chi connectivity index (χ2n) is 4.94. The Balaban J connectivity index is 1.74. The van der Waals surface area contributed by atoms with Gasteiger partial charge in [-0.25, -0.2) is 0 Å². The molecule has 108 valence electrons. The minimum Gasteiger partial charge on any atom is -0.440 e. The van der Waals surface area contributed by atoms with Gasteiger partial charge in [-0.1, -0.05) is 12.1 Å². The summed E-state index contributed by atoms with van der Waals surface area (Å²) in [5, 5.41) is 5.78. The molecule has 3 rings (SSSR count). The lowest BCUT2D eigenvalue weighted by molar-refractivity contribution is -0.115. The largest absolute Gasteiger partial charge is 0.440 e. The van der Waals surface area contributed by atoms with Crippen molar-refractivity contribution in [1.29, 1.82) is 0 Å². The van der Waals surface area contributed by atoms with Crippen LogP contribution >= 0.6 is 11.6 Å². The maximum absolute atomic E-state index is 12.0. The van der Waals surface area contributed by atoms with E-state index in [2.05, 4.69) is 10.6 Å². The van der Waals surface area contributed by atoms with Crippen LogP contribution in [0.5, 0.6) is 0 Å². The number of nitrogens with one attached hydrogen (secondary N) is 2. The standard InChI is InChI=1S/C15H13ClN2O3/c1-8(17-15(20)12-4-5-13(16)21-12)9-2-3-11-10(6-9)7-14(19)18-11/h2-6,8H,7H2,1H3,(H,17,20)(H,18,19). The van der Waals surface area contributed by atoms with Gasteiger partial charge in [-0.05, 0) is 47.9 Å². The van der Waals surface area contributed by atoms with E-state index < -0.39 is 0 Å². The molecular formula is C15H13ClN2O3. The number of amides is 2. The third kappa shape index (κ3) is 2.78. The van der Waals surface area contributed by atoms with E-state index in [4.69, 9.17) is 16.0 Å². The third-order valence-electron chi connectivity index (χ3n) is 3.40. The lowest BCUT2D eigenvalue weighted by atomic mass is 10.0. The van der Waals surface area contributed by atoms with Crippen molar-refractivity contribution in [2.24, 2.45) is 0 Å². The maximum Gasteiger partial charge on any atom is 0.287 e. The van der Waals surface area contributed by atoms with Crippen molar-refractivity contribution < 1.29 is 14.0 Å². The van der Waals surface area contributed by atoms with Crippen molar-refractivity contribution in [3.63, 3.8) is 0 Å². The van der Waals surface area contributed by atoms with Crippen molar-refractivity contribution in [2.75, 3.05) is 5.32 Å². The zero-order valence-electron chi connectivity index (χ0n) is 11.3. The van der Waals surface area contributed by atoms with E-state index in [-0.39, 0.29) is 28.8 Å². The Morgan fingerprint density at radius 1 is 1.38 bits per heavy atom.